The molecule has 0 aromatic rings. The van der Waals surface area contributed by atoms with Crippen LogP contribution in [0.1, 0.15) is 53.4 Å². The molecule has 0 bridgehead atoms. The summed E-state index contributed by atoms with van der Waals surface area (Å²) in [7, 11) is 0. The van der Waals surface area contributed by atoms with Crippen molar-refractivity contribution in [1.82, 2.24) is 5.32 Å². The highest BCUT2D eigenvalue weighted by molar-refractivity contribution is 5.90. The Balaban J connectivity index is 2.21. The molecule has 122 valence electrons. The second-order valence-corrected chi connectivity index (χ2v) is 7.23. The van der Waals surface area contributed by atoms with Crippen LogP contribution in [0.2, 0.25) is 0 Å². The Morgan fingerprint density at radius 2 is 2.05 bits per heavy atom. The SMILES string of the molecule is CCC(CC)(CO)NC(=O)C1(N)C2CCCOC2C1(C)C. The molecule has 0 radical (unpaired) electrons. The smallest absolute Gasteiger partial charge is 0.241 e. The standard InChI is InChI=1S/C16H30N2O3/c1-5-15(6-2,10-19)18-13(20)16(17)11-8-7-9-21-12(11)14(16,3)4/h11-12,19H,5-10,17H2,1-4H3,(H,18,20). The van der Waals surface area contributed by atoms with Crippen LogP contribution in [-0.4, -0.2) is 41.4 Å². The first kappa shape index (κ1) is 16.7. The van der Waals surface area contributed by atoms with Gasteiger partial charge in [0.15, 0.2) is 0 Å². The fourth-order valence-corrected chi connectivity index (χ4v) is 4.07. The summed E-state index contributed by atoms with van der Waals surface area (Å²) in [5, 5.41) is 12.7. The lowest BCUT2D eigenvalue weighted by Gasteiger charge is -2.65. The molecular weight excluding hydrogens is 268 g/mol. The van der Waals surface area contributed by atoms with Crippen molar-refractivity contribution in [1.29, 1.82) is 0 Å². The predicted molar refractivity (Wildman–Crippen MR) is 81.7 cm³/mol. The summed E-state index contributed by atoms with van der Waals surface area (Å²) in [6.45, 7) is 8.66. The molecule has 1 aliphatic carbocycles. The van der Waals surface area contributed by atoms with Crippen molar-refractivity contribution in [2.45, 2.75) is 70.6 Å². The van der Waals surface area contributed by atoms with Gasteiger partial charge in [0.25, 0.3) is 0 Å². The molecule has 21 heavy (non-hydrogen) atoms. The lowest BCUT2D eigenvalue weighted by molar-refractivity contribution is -0.226. The summed E-state index contributed by atoms with van der Waals surface area (Å²) in [4.78, 5) is 12.9. The number of rotatable bonds is 5. The normalized spacial score (nSPS) is 34.8. The van der Waals surface area contributed by atoms with Gasteiger partial charge in [-0.1, -0.05) is 27.7 Å². The van der Waals surface area contributed by atoms with Gasteiger partial charge in [-0.3, -0.25) is 4.79 Å². The lowest BCUT2D eigenvalue weighted by atomic mass is 9.46. The van der Waals surface area contributed by atoms with Crippen LogP contribution in [0.15, 0.2) is 0 Å². The van der Waals surface area contributed by atoms with Crippen LogP contribution in [0.25, 0.3) is 0 Å². The highest BCUT2D eigenvalue weighted by Gasteiger charge is 2.70. The summed E-state index contributed by atoms with van der Waals surface area (Å²) in [5.41, 5.74) is 4.71. The van der Waals surface area contributed by atoms with Crippen molar-refractivity contribution >= 4 is 5.91 Å². The van der Waals surface area contributed by atoms with E-state index in [1.165, 1.54) is 0 Å². The number of carbonyl (C=O) groups excluding carboxylic acids is 1. The highest BCUT2D eigenvalue weighted by atomic mass is 16.5. The Hall–Kier alpha value is -0.650. The number of aliphatic hydroxyl groups is 1. The van der Waals surface area contributed by atoms with E-state index in [1.807, 2.05) is 27.7 Å². The fraction of sp³-hybridized carbons (Fsp3) is 0.938. The van der Waals surface area contributed by atoms with Gasteiger partial charge in [-0.05, 0) is 25.7 Å². The largest absolute Gasteiger partial charge is 0.394 e. The Labute approximate surface area is 127 Å². The van der Waals surface area contributed by atoms with Gasteiger partial charge in [0.2, 0.25) is 5.91 Å². The van der Waals surface area contributed by atoms with Crippen LogP contribution in [-0.2, 0) is 9.53 Å². The van der Waals surface area contributed by atoms with E-state index in [4.69, 9.17) is 10.5 Å². The zero-order valence-corrected chi connectivity index (χ0v) is 13.7. The number of aliphatic hydroxyl groups excluding tert-OH is 1. The van der Waals surface area contributed by atoms with Crippen LogP contribution < -0.4 is 11.1 Å². The number of fused-ring (bicyclic) bond motifs is 1. The van der Waals surface area contributed by atoms with Crippen molar-refractivity contribution in [2.24, 2.45) is 17.1 Å². The monoisotopic (exact) mass is 298 g/mol. The summed E-state index contributed by atoms with van der Waals surface area (Å²) in [6.07, 6.45) is 3.33. The number of hydrogen-bond donors (Lipinski definition) is 3. The van der Waals surface area contributed by atoms with Gasteiger partial charge in [0.05, 0.1) is 18.2 Å². The van der Waals surface area contributed by atoms with Gasteiger partial charge in [-0.2, -0.15) is 0 Å². The number of ether oxygens (including phenoxy) is 1. The lowest BCUT2D eigenvalue weighted by Crippen LogP contribution is -2.83. The van der Waals surface area contributed by atoms with E-state index >= 15 is 0 Å². The first-order valence-corrected chi connectivity index (χ1v) is 8.13. The van der Waals surface area contributed by atoms with Gasteiger partial charge < -0.3 is 20.9 Å². The summed E-state index contributed by atoms with van der Waals surface area (Å²) < 4.78 is 5.84. The van der Waals surface area contributed by atoms with E-state index < -0.39 is 11.1 Å². The topological polar surface area (TPSA) is 84.6 Å². The second-order valence-electron chi connectivity index (χ2n) is 7.23. The molecule has 2 rings (SSSR count). The van der Waals surface area contributed by atoms with Crippen molar-refractivity contribution in [2.75, 3.05) is 13.2 Å². The molecule has 3 unspecified atom stereocenters. The zero-order valence-electron chi connectivity index (χ0n) is 13.7. The van der Waals surface area contributed by atoms with E-state index in [0.29, 0.717) is 12.8 Å². The highest BCUT2D eigenvalue weighted by Crippen LogP contribution is 2.57. The number of nitrogens with one attached hydrogen (secondary N) is 1. The van der Waals surface area contributed by atoms with E-state index in [9.17, 15) is 9.90 Å². The van der Waals surface area contributed by atoms with Crippen molar-refractivity contribution in [3.05, 3.63) is 0 Å². The maximum absolute atomic E-state index is 12.9. The average molecular weight is 298 g/mol. The summed E-state index contributed by atoms with van der Waals surface area (Å²) in [5.74, 6) is -0.0663. The van der Waals surface area contributed by atoms with E-state index in [2.05, 4.69) is 5.32 Å². The van der Waals surface area contributed by atoms with Gasteiger partial charge >= 0.3 is 0 Å². The number of amides is 1. The molecule has 0 aromatic carbocycles. The average Bonchev–Trinajstić information content (AvgIpc) is 2.51. The van der Waals surface area contributed by atoms with Crippen molar-refractivity contribution in [3.8, 4) is 0 Å². The first-order valence-electron chi connectivity index (χ1n) is 8.13. The van der Waals surface area contributed by atoms with Crippen LogP contribution >= 0.6 is 0 Å². The molecule has 1 aliphatic heterocycles. The molecule has 1 heterocycles. The Bertz CT molecular complexity index is 398. The molecular formula is C16H30N2O3. The molecule has 1 amide bonds. The van der Waals surface area contributed by atoms with E-state index in [0.717, 1.165) is 19.4 Å². The van der Waals surface area contributed by atoms with Gasteiger partial charge in [-0.15, -0.1) is 0 Å². The summed E-state index contributed by atoms with van der Waals surface area (Å²) >= 11 is 0. The zero-order chi connectivity index (χ0) is 15.9. The second kappa shape index (κ2) is 5.52. The minimum Gasteiger partial charge on any atom is -0.394 e. The minimum atomic E-state index is -0.914. The third kappa shape index (κ3) is 2.21. The molecule has 2 fully saturated rings. The van der Waals surface area contributed by atoms with E-state index in [1.54, 1.807) is 0 Å². The van der Waals surface area contributed by atoms with Crippen molar-refractivity contribution < 1.29 is 14.6 Å². The molecule has 0 spiro atoms. The minimum absolute atomic E-state index is 0.0627. The summed E-state index contributed by atoms with van der Waals surface area (Å²) in [6, 6.07) is 0. The number of carbonyl (C=O) groups is 1. The molecule has 1 saturated carbocycles. The Kier molecular flexibility index (Phi) is 4.40. The quantitative estimate of drug-likeness (QED) is 0.712. The third-order valence-corrected chi connectivity index (χ3v) is 6.10. The third-order valence-electron chi connectivity index (χ3n) is 6.10. The van der Waals surface area contributed by atoms with Crippen molar-refractivity contribution in [3.63, 3.8) is 0 Å². The molecule has 2 aliphatic rings. The van der Waals surface area contributed by atoms with Crippen LogP contribution in [0.4, 0.5) is 0 Å². The van der Waals surface area contributed by atoms with Gasteiger partial charge in [0.1, 0.15) is 5.54 Å². The molecule has 0 aromatic heterocycles. The van der Waals surface area contributed by atoms with Gasteiger partial charge in [0, 0.05) is 17.9 Å². The predicted octanol–water partition coefficient (Wildman–Crippen LogP) is 1.19. The Morgan fingerprint density at radius 3 is 2.57 bits per heavy atom. The molecule has 5 nitrogen and oxygen atoms in total. The maximum atomic E-state index is 12.9. The van der Waals surface area contributed by atoms with Crippen LogP contribution in [0, 0.1) is 11.3 Å². The first-order chi connectivity index (χ1) is 9.79. The van der Waals surface area contributed by atoms with Gasteiger partial charge in [-0.25, -0.2) is 0 Å². The number of nitrogens with two attached hydrogens (primary N) is 1. The molecule has 5 heteroatoms. The van der Waals surface area contributed by atoms with E-state index in [-0.39, 0.29) is 30.0 Å². The molecule has 4 N–H and O–H groups in total. The molecule has 3 atom stereocenters. The number of hydrogen-bond acceptors (Lipinski definition) is 4. The van der Waals surface area contributed by atoms with Crippen LogP contribution in [0.5, 0.6) is 0 Å². The maximum Gasteiger partial charge on any atom is 0.241 e. The molecule has 1 saturated heterocycles. The Morgan fingerprint density at radius 1 is 1.43 bits per heavy atom. The fourth-order valence-electron chi connectivity index (χ4n) is 4.07. The van der Waals surface area contributed by atoms with Crippen LogP contribution in [0.3, 0.4) is 0 Å².